The molecule has 122 valence electrons. The van der Waals surface area contributed by atoms with E-state index in [9.17, 15) is 9.59 Å². The summed E-state index contributed by atoms with van der Waals surface area (Å²) < 4.78 is 10.3. The molecule has 2 amide bonds. The van der Waals surface area contributed by atoms with E-state index in [-0.39, 0.29) is 18.4 Å². The van der Waals surface area contributed by atoms with Crippen LogP contribution in [0.25, 0.3) is 0 Å². The van der Waals surface area contributed by atoms with Gasteiger partial charge in [0.15, 0.2) is 0 Å². The molecule has 0 aliphatic carbocycles. The maximum Gasteiger partial charge on any atom is 0.244 e. The van der Waals surface area contributed by atoms with Crippen molar-refractivity contribution in [2.45, 2.75) is 26.7 Å². The van der Waals surface area contributed by atoms with Crippen molar-refractivity contribution in [1.82, 2.24) is 4.90 Å². The standard InChI is InChI=1S/C16H24N2O4/c1-5-6-9-18(12(2)19)11-16(20)17-14-10-13(21-3)7-8-15(14)22-4/h7-8,10H,5-6,9,11H2,1-4H3,(H,17,20). The molecule has 0 heterocycles. The van der Waals surface area contributed by atoms with Crippen LogP contribution < -0.4 is 14.8 Å². The van der Waals surface area contributed by atoms with Gasteiger partial charge in [-0.1, -0.05) is 13.3 Å². The minimum absolute atomic E-state index is 0.0235. The number of ether oxygens (including phenoxy) is 2. The number of benzene rings is 1. The van der Waals surface area contributed by atoms with Crippen molar-refractivity contribution in [2.24, 2.45) is 0 Å². The first kappa shape index (κ1) is 17.8. The van der Waals surface area contributed by atoms with E-state index in [1.807, 2.05) is 6.92 Å². The highest BCUT2D eigenvalue weighted by molar-refractivity contribution is 5.95. The number of carbonyl (C=O) groups is 2. The Morgan fingerprint density at radius 2 is 1.95 bits per heavy atom. The van der Waals surface area contributed by atoms with Crippen LogP contribution in [0.1, 0.15) is 26.7 Å². The van der Waals surface area contributed by atoms with E-state index in [0.717, 1.165) is 12.8 Å². The number of nitrogens with zero attached hydrogens (tertiary/aromatic N) is 1. The van der Waals surface area contributed by atoms with Crippen molar-refractivity contribution < 1.29 is 19.1 Å². The van der Waals surface area contributed by atoms with Crippen molar-refractivity contribution in [1.29, 1.82) is 0 Å². The highest BCUT2D eigenvalue weighted by atomic mass is 16.5. The molecule has 0 atom stereocenters. The number of unbranched alkanes of at least 4 members (excludes halogenated alkanes) is 1. The molecule has 6 nitrogen and oxygen atoms in total. The molecule has 0 radical (unpaired) electrons. The first-order valence-electron chi connectivity index (χ1n) is 7.29. The van der Waals surface area contributed by atoms with E-state index < -0.39 is 0 Å². The second kappa shape index (κ2) is 8.92. The Hall–Kier alpha value is -2.24. The second-order valence-electron chi connectivity index (χ2n) is 4.91. The van der Waals surface area contributed by atoms with Crippen LogP contribution in [0.2, 0.25) is 0 Å². The van der Waals surface area contributed by atoms with Crippen LogP contribution in [-0.4, -0.2) is 44.0 Å². The van der Waals surface area contributed by atoms with E-state index in [0.29, 0.717) is 23.7 Å². The summed E-state index contributed by atoms with van der Waals surface area (Å²) in [5, 5.41) is 2.76. The van der Waals surface area contributed by atoms with Gasteiger partial charge in [-0.05, 0) is 18.6 Å². The van der Waals surface area contributed by atoms with E-state index in [1.54, 1.807) is 25.3 Å². The Balaban J connectivity index is 2.76. The van der Waals surface area contributed by atoms with Crippen LogP contribution in [0.3, 0.4) is 0 Å². The predicted octanol–water partition coefficient (Wildman–Crippen LogP) is 2.29. The number of rotatable bonds is 8. The fourth-order valence-electron chi connectivity index (χ4n) is 1.97. The topological polar surface area (TPSA) is 67.9 Å². The summed E-state index contributed by atoms with van der Waals surface area (Å²) in [6.07, 6.45) is 1.84. The van der Waals surface area contributed by atoms with E-state index >= 15 is 0 Å². The molecule has 0 unspecified atom stereocenters. The van der Waals surface area contributed by atoms with E-state index in [2.05, 4.69) is 5.32 Å². The number of anilines is 1. The smallest absolute Gasteiger partial charge is 0.244 e. The highest BCUT2D eigenvalue weighted by Crippen LogP contribution is 2.28. The summed E-state index contributed by atoms with van der Waals surface area (Å²) in [6, 6.07) is 5.15. The average molecular weight is 308 g/mol. The van der Waals surface area contributed by atoms with Gasteiger partial charge in [-0.15, -0.1) is 0 Å². The first-order valence-corrected chi connectivity index (χ1v) is 7.29. The Morgan fingerprint density at radius 1 is 1.23 bits per heavy atom. The third kappa shape index (κ3) is 5.27. The lowest BCUT2D eigenvalue weighted by atomic mass is 10.2. The summed E-state index contributed by atoms with van der Waals surface area (Å²) in [5.41, 5.74) is 0.519. The van der Waals surface area contributed by atoms with Gasteiger partial charge in [0.05, 0.1) is 26.5 Å². The first-order chi connectivity index (χ1) is 10.5. The Morgan fingerprint density at radius 3 is 2.50 bits per heavy atom. The zero-order valence-electron chi connectivity index (χ0n) is 13.6. The summed E-state index contributed by atoms with van der Waals surface area (Å²) in [5.74, 6) is 0.779. The van der Waals surface area contributed by atoms with E-state index in [1.165, 1.54) is 18.9 Å². The van der Waals surface area contributed by atoms with Crippen molar-refractivity contribution in [3.05, 3.63) is 18.2 Å². The molecule has 0 spiro atoms. The number of carbonyl (C=O) groups excluding carboxylic acids is 2. The molecule has 0 saturated carbocycles. The van der Waals surface area contributed by atoms with Gasteiger partial charge in [-0.25, -0.2) is 0 Å². The van der Waals surface area contributed by atoms with Crippen LogP contribution in [-0.2, 0) is 9.59 Å². The lowest BCUT2D eigenvalue weighted by Gasteiger charge is -2.20. The maximum atomic E-state index is 12.2. The predicted molar refractivity (Wildman–Crippen MR) is 85.3 cm³/mol. The SMILES string of the molecule is CCCCN(CC(=O)Nc1cc(OC)ccc1OC)C(C)=O. The number of methoxy groups -OCH3 is 2. The minimum Gasteiger partial charge on any atom is -0.497 e. The van der Waals surface area contributed by atoms with Crippen molar-refractivity contribution in [3.63, 3.8) is 0 Å². The van der Waals surface area contributed by atoms with Gasteiger partial charge >= 0.3 is 0 Å². The van der Waals surface area contributed by atoms with Gasteiger partial charge in [-0.3, -0.25) is 9.59 Å². The van der Waals surface area contributed by atoms with Crippen LogP contribution in [0.4, 0.5) is 5.69 Å². The van der Waals surface area contributed by atoms with Gasteiger partial charge < -0.3 is 19.7 Å². The van der Waals surface area contributed by atoms with Crippen LogP contribution in [0, 0.1) is 0 Å². The molecule has 0 aliphatic rings. The maximum absolute atomic E-state index is 12.2. The zero-order chi connectivity index (χ0) is 16.5. The fraction of sp³-hybridized carbons (Fsp3) is 0.500. The molecule has 1 N–H and O–H groups in total. The molecule has 6 heteroatoms. The number of hydrogen-bond donors (Lipinski definition) is 1. The largest absolute Gasteiger partial charge is 0.497 e. The number of nitrogens with one attached hydrogen (secondary N) is 1. The summed E-state index contributed by atoms with van der Waals surface area (Å²) in [7, 11) is 3.08. The molecule has 0 saturated heterocycles. The average Bonchev–Trinajstić information content (AvgIpc) is 2.50. The molecule has 0 aliphatic heterocycles. The summed E-state index contributed by atoms with van der Waals surface area (Å²) >= 11 is 0. The molecule has 1 aromatic rings. The van der Waals surface area contributed by atoms with Crippen molar-refractivity contribution in [2.75, 3.05) is 32.6 Å². The molecule has 0 bridgehead atoms. The quantitative estimate of drug-likeness (QED) is 0.800. The van der Waals surface area contributed by atoms with Crippen LogP contribution in [0.5, 0.6) is 11.5 Å². The van der Waals surface area contributed by atoms with Gasteiger partial charge in [0.2, 0.25) is 11.8 Å². The highest BCUT2D eigenvalue weighted by Gasteiger charge is 2.15. The molecule has 22 heavy (non-hydrogen) atoms. The number of hydrogen-bond acceptors (Lipinski definition) is 4. The molecule has 0 aromatic heterocycles. The zero-order valence-corrected chi connectivity index (χ0v) is 13.6. The fourth-order valence-corrected chi connectivity index (χ4v) is 1.97. The van der Waals surface area contributed by atoms with E-state index in [4.69, 9.17) is 9.47 Å². The third-order valence-corrected chi connectivity index (χ3v) is 3.24. The Kier molecular flexibility index (Phi) is 7.22. The molecule has 1 aromatic carbocycles. The minimum atomic E-state index is -0.266. The normalized spacial score (nSPS) is 10.0. The molecular formula is C16H24N2O4. The Labute approximate surface area is 131 Å². The van der Waals surface area contributed by atoms with Gasteiger partial charge in [-0.2, -0.15) is 0 Å². The number of amides is 2. The van der Waals surface area contributed by atoms with Gasteiger partial charge in [0, 0.05) is 19.5 Å². The molecule has 0 fully saturated rings. The summed E-state index contributed by atoms with van der Waals surface area (Å²) in [4.78, 5) is 25.3. The third-order valence-electron chi connectivity index (χ3n) is 3.24. The second-order valence-corrected chi connectivity index (χ2v) is 4.91. The van der Waals surface area contributed by atoms with Gasteiger partial charge in [0.1, 0.15) is 11.5 Å². The summed E-state index contributed by atoms with van der Waals surface area (Å²) in [6.45, 7) is 4.11. The van der Waals surface area contributed by atoms with Gasteiger partial charge in [0.25, 0.3) is 0 Å². The monoisotopic (exact) mass is 308 g/mol. The van der Waals surface area contributed by atoms with Crippen LogP contribution >= 0.6 is 0 Å². The molecular weight excluding hydrogens is 284 g/mol. The molecule has 1 rings (SSSR count). The Bertz CT molecular complexity index is 517. The lowest BCUT2D eigenvalue weighted by molar-refractivity contribution is -0.132. The van der Waals surface area contributed by atoms with Crippen LogP contribution in [0.15, 0.2) is 18.2 Å². The van der Waals surface area contributed by atoms with Crippen molar-refractivity contribution in [3.8, 4) is 11.5 Å². The lowest BCUT2D eigenvalue weighted by Crippen LogP contribution is -2.37. The van der Waals surface area contributed by atoms with Crippen molar-refractivity contribution >= 4 is 17.5 Å².